The molecule has 4 heteroatoms. The summed E-state index contributed by atoms with van der Waals surface area (Å²) in [5.41, 5.74) is 8.94. The van der Waals surface area contributed by atoms with E-state index in [4.69, 9.17) is 5.73 Å². The smallest absolute Gasteiger partial charge is 0.251 e. The maximum absolute atomic E-state index is 12.0. The number of nitrogens with zero attached hydrogens (tertiary/aromatic N) is 1. The first kappa shape index (κ1) is 14.5. The molecule has 4 atom stereocenters. The van der Waals surface area contributed by atoms with Crippen LogP contribution >= 0.6 is 0 Å². The number of rotatable bonds is 4. The highest BCUT2D eigenvalue weighted by molar-refractivity contribution is 5.81. The van der Waals surface area contributed by atoms with Gasteiger partial charge in [0.05, 0.1) is 6.04 Å². The van der Waals surface area contributed by atoms with Crippen LogP contribution in [0, 0.1) is 5.92 Å². The summed E-state index contributed by atoms with van der Waals surface area (Å²) in [4.78, 5) is 12.0. The lowest BCUT2D eigenvalue weighted by atomic mass is 9.98. The largest absolute Gasteiger partial charge is 0.320 e. The number of hydrogen-bond donors (Lipinski definition) is 2. The van der Waals surface area contributed by atoms with Gasteiger partial charge in [-0.3, -0.25) is 10.2 Å². The van der Waals surface area contributed by atoms with Crippen LogP contribution in [0.2, 0.25) is 0 Å². The molecule has 17 heavy (non-hydrogen) atoms. The SMILES string of the molecule is CC[C@H](C)[C@H](N)C(=O)NN1C(C)CCCC1C. The van der Waals surface area contributed by atoms with E-state index in [1.54, 1.807) is 0 Å². The molecule has 0 aromatic heterocycles. The van der Waals surface area contributed by atoms with Crippen LogP contribution in [0.25, 0.3) is 0 Å². The van der Waals surface area contributed by atoms with E-state index in [-0.39, 0.29) is 11.8 Å². The Balaban J connectivity index is 2.54. The van der Waals surface area contributed by atoms with Gasteiger partial charge in [0.2, 0.25) is 0 Å². The second kappa shape index (κ2) is 6.36. The fourth-order valence-corrected chi connectivity index (χ4v) is 2.36. The number of carbonyl (C=O) groups is 1. The lowest BCUT2D eigenvalue weighted by molar-refractivity contribution is -0.131. The summed E-state index contributed by atoms with van der Waals surface area (Å²) in [5.74, 6) is 0.186. The van der Waals surface area contributed by atoms with E-state index in [2.05, 4.69) is 31.2 Å². The molecule has 0 aliphatic carbocycles. The zero-order valence-corrected chi connectivity index (χ0v) is 11.6. The molecule has 4 nitrogen and oxygen atoms in total. The molecule has 1 aliphatic heterocycles. The van der Waals surface area contributed by atoms with E-state index in [1.807, 2.05) is 6.92 Å². The number of hydrogen-bond acceptors (Lipinski definition) is 3. The van der Waals surface area contributed by atoms with Crippen molar-refractivity contribution in [3.8, 4) is 0 Å². The van der Waals surface area contributed by atoms with E-state index >= 15 is 0 Å². The molecule has 0 bridgehead atoms. The third-order valence-corrected chi connectivity index (χ3v) is 3.99. The Morgan fingerprint density at radius 2 is 1.94 bits per heavy atom. The van der Waals surface area contributed by atoms with Gasteiger partial charge in [0, 0.05) is 12.1 Å². The Morgan fingerprint density at radius 3 is 2.41 bits per heavy atom. The molecule has 3 N–H and O–H groups in total. The summed E-state index contributed by atoms with van der Waals surface area (Å²) in [6, 6.07) is 0.417. The summed E-state index contributed by atoms with van der Waals surface area (Å²) < 4.78 is 0. The van der Waals surface area contributed by atoms with E-state index in [0.29, 0.717) is 12.1 Å². The Bertz CT molecular complexity index is 247. The van der Waals surface area contributed by atoms with Gasteiger partial charge in [-0.2, -0.15) is 0 Å². The molecule has 0 spiro atoms. The van der Waals surface area contributed by atoms with E-state index in [1.165, 1.54) is 6.42 Å². The minimum absolute atomic E-state index is 0.0417. The van der Waals surface area contributed by atoms with Crippen LogP contribution in [-0.2, 0) is 4.79 Å². The Morgan fingerprint density at radius 1 is 1.41 bits per heavy atom. The zero-order valence-electron chi connectivity index (χ0n) is 11.6. The quantitative estimate of drug-likeness (QED) is 0.787. The van der Waals surface area contributed by atoms with Crippen molar-refractivity contribution >= 4 is 5.91 Å². The van der Waals surface area contributed by atoms with Crippen molar-refractivity contribution in [2.24, 2.45) is 11.7 Å². The molecule has 0 aromatic carbocycles. The number of piperidine rings is 1. The highest BCUT2D eigenvalue weighted by Gasteiger charge is 2.28. The number of carbonyl (C=O) groups excluding carboxylic acids is 1. The van der Waals surface area contributed by atoms with Crippen LogP contribution in [0.5, 0.6) is 0 Å². The van der Waals surface area contributed by atoms with Crippen LogP contribution in [-0.4, -0.2) is 29.0 Å². The van der Waals surface area contributed by atoms with Crippen LogP contribution in [0.3, 0.4) is 0 Å². The standard InChI is InChI=1S/C13H27N3O/c1-5-9(2)12(14)13(17)15-16-10(3)7-6-8-11(16)4/h9-12H,5-8,14H2,1-4H3,(H,15,17)/t9-,10?,11?,12-/m0/s1. The maximum Gasteiger partial charge on any atom is 0.251 e. The van der Waals surface area contributed by atoms with Gasteiger partial charge < -0.3 is 5.73 Å². The highest BCUT2D eigenvalue weighted by Crippen LogP contribution is 2.20. The normalized spacial score (nSPS) is 29.7. The molecule has 1 amide bonds. The monoisotopic (exact) mass is 241 g/mol. The van der Waals surface area contributed by atoms with Crippen molar-refractivity contribution in [3.63, 3.8) is 0 Å². The first-order chi connectivity index (χ1) is 7.97. The second-order valence-electron chi connectivity index (χ2n) is 5.42. The Hall–Kier alpha value is -0.610. The molecular formula is C13H27N3O. The Kier molecular flexibility index (Phi) is 5.40. The molecular weight excluding hydrogens is 214 g/mol. The summed E-state index contributed by atoms with van der Waals surface area (Å²) >= 11 is 0. The van der Waals surface area contributed by atoms with Crippen LogP contribution in [0.4, 0.5) is 0 Å². The average Bonchev–Trinajstić information content (AvgIpc) is 2.31. The summed E-state index contributed by atoms with van der Waals surface area (Å²) in [7, 11) is 0. The van der Waals surface area contributed by atoms with Gasteiger partial charge in [-0.15, -0.1) is 0 Å². The van der Waals surface area contributed by atoms with Gasteiger partial charge in [0.1, 0.15) is 0 Å². The molecule has 1 aliphatic rings. The molecule has 1 rings (SSSR count). The van der Waals surface area contributed by atoms with E-state index < -0.39 is 6.04 Å². The van der Waals surface area contributed by atoms with Gasteiger partial charge in [0.15, 0.2) is 0 Å². The van der Waals surface area contributed by atoms with E-state index in [9.17, 15) is 4.79 Å². The van der Waals surface area contributed by atoms with Gasteiger partial charge in [-0.25, -0.2) is 5.01 Å². The Labute approximate surface area is 105 Å². The van der Waals surface area contributed by atoms with Crippen LogP contribution in [0.1, 0.15) is 53.4 Å². The van der Waals surface area contributed by atoms with Gasteiger partial charge in [-0.05, 0) is 32.6 Å². The average molecular weight is 241 g/mol. The first-order valence-corrected chi connectivity index (χ1v) is 6.81. The predicted octanol–water partition coefficient (Wildman–Crippen LogP) is 1.65. The van der Waals surface area contributed by atoms with E-state index in [0.717, 1.165) is 19.3 Å². The zero-order chi connectivity index (χ0) is 13.0. The number of amides is 1. The minimum atomic E-state index is -0.402. The molecule has 1 heterocycles. The van der Waals surface area contributed by atoms with Crippen molar-refractivity contribution in [1.29, 1.82) is 0 Å². The van der Waals surface area contributed by atoms with Crippen LogP contribution < -0.4 is 11.2 Å². The molecule has 0 radical (unpaired) electrons. The maximum atomic E-state index is 12.0. The lowest BCUT2D eigenvalue weighted by Crippen LogP contribution is -2.58. The van der Waals surface area contributed by atoms with Crippen molar-refractivity contribution in [2.75, 3.05) is 0 Å². The first-order valence-electron chi connectivity index (χ1n) is 6.81. The number of nitrogens with one attached hydrogen (secondary N) is 1. The summed E-state index contributed by atoms with van der Waals surface area (Å²) in [6.45, 7) is 8.40. The molecule has 0 aromatic rings. The number of hydrazine groups is 1. The molecule has 0 saturated carbocycles. The van der Waals surface area contributed by atoms with Crippen molar-refractivity contribution in [3.05, 3.63) is 0 Å². The van der Waals surface area contributed by atoms with Gasteiger partial charge >= 0.3 is 0 Å². The van der Waals surface area contributed by atoms with Crippen LogP contribution in [0.15, 0.2) is 0 Å². The molecule has 1 saturated heterocycles. The van der Waals surface area contributed by atoms with Gasteiger partial charge in [-0.1, -0.05) is 26.7 Å². The van der Waals surface area contributed by atoms with Crippen molar-refractivity contribution in [1.82, 2.24) is 10.4 Å². The molecule has 100 valence electrons. The molecule has 1 fully saturated rings. The van der Waals surface area contributed by atoms with Crippen molar-refractivity contribution < 1.29 is 4.79 Å². The minimum Gasteiger partial charge on any atom is -0.320 e. The predicted molar refractivity (Wildman–Crippen MR) is 70.2 cm³/mol. The fourth-order valence-electron chi connectivity index (χ4n) is 2.36. The third kappa shape index (κ3) is 3.68. The number of nitrogens with two attached hydrogens (primary N) is 1. The third-order valence-electron chi connectivity index (χ3n) is 3.99. The van der Waals surface area contributed by atoms with Gasteiger partial charge in [0.25, 0.3) is 5.91 Å². The van der Waals surface area contributed by atoms with Crippen molar-refractivity contribution in [2.45, 2.75) is 71.5 Å². The topological polar surface area (TPSA) is 58.4 Å². The summed E-state index contributed by atoms with van der Waals surface area (Å²) in [6.07, 6.45) is 4.46. The highest BCUT2D eigenvalue weighted by atomic mass is 16.2. The fraction of sp³-hybridized carbons (Fsp3) is 0.923. The summed E-state index contributed by atoms with van der Waals surface area (Å²) in [5, 5.41) is 2.08. The lowest BCUT2D eigenvalue weighted by Gasteiger charge is -2.39. The molecule has 2 unspecified atom stereocenters. The second-order valence-corrected chi connectivity index (χ2v) is 5.42.